The van der Waals surface area contributed by atoms with Crippen LogP contribution in [0.5, 0.6) is 5.75 Å². The summed E-state index contributed by atoms with van der Waals surface area (Å²) in [5.74, 6) is 0.0770. The van der Waals surface area contributed by atoms with Gasteiger partial charge in [0.05, 0.1) is 23.8 Å². The molecule has 2 N–H and O–H groups in total. The van der Waals surface area contributed by atoms with Gasteiger partial charge in [-0.05, 0) is 42.0 Å². The molecule has 5 rings (SSSR count). The Hall–Kier alpha value is -2.37. The second kappa shape index (κ2) is 6.36. The quantitative estimate of drug-likeness (QED) is 0.804. The van der Waals surface area contributed by atoms with Crippen LogP contribution in [0.4, 0.5) is 5.69 Å². The molecule has 1 unspecified atom stereocenters. The number of carbonyl (C=O) groups is 1. The van der Waals surface area contributed by atoms with Crippen molar-refractivity contribution >= 4 is 11.6 Å². The lowest BCUT2D eigenvalue weighted by molar-refractivity contribution is -0.121. The Morgan fingerprint density at radius 2 is 1.89 bits per heavy atom. The normalized spacial score (nSPS) is 23.7. The largest absolute Gasteiger partial charge is 0.506 e. The molecule has 1 fully saturated rings. The Morgan fingerprint density at radius 3 is 2.74 bits per heavy atom. The molecule has 0 aliphatic carbocycles. The Bertz CT molecular complexity index is 887. The molecule has 3 heterocycles. The molecule has 0 saturated carbocycles. The predicted octanol–water partition coefficient (Wildman–Crippen LogP) is 3.02. The van der Waals surface area contributed by atoms with Crippen molar-refractivity contribution in [3.63, 3.8) is 0 Å². The molecule has 0 bridgehead atoms. The molecule has 3 aliphatic heterocycles. The van der Waals surface area contributed by atoms with Crippen LogP contribution in [-0.2, 0) is 28.2 Å². The number of nitrogens with zero attached hydrogens (tertiary/aromatic N) is 1. The van der Waals surface area contributed by atoms with Crippen LogP contribution in [0.25, 0.3) is 0 Å². The monoisotopic (exact) mass is 364 g/mol. The average Bonchev–Trinajstić information content (AvgIpc) is 3.04. The number of amides is 1. The second-order valence-electron chi connectivity index (χ2n) is 7.94. The van der Waals surface area contributed by atoms with E-state index in [1.165, 1.54) is 11.1 Å². The van der Waals surface area contributed by atoms with E-state index in [4.69, 9.17) is 4.74 Å². The van der Waals surface area contributed by atoms with E-state index in [1.54, 1.807) is 6.07 Å². The van der Waals surface area contributed by atoms with Gasteiger partial charge in [0.25, 0.3) is 0 Å². The van der Waals surface area contributed by atoms with Gasteiger partial charge in [0.15, 0.2) is 0 Å². The van der Waals surface area contributed by atoms with Gasteiger partial charge in [0.2, 0.25) is 5.91 Å². The number of para-hydroxylation sites is 1. The first-order valence-corrected chi connectivity index (χ1v) is 9.71. The summed E-state index contributed by atoms with van der Waals surface area (Å²) >= 11 is 0. The third-order valence-electron chi connectivity index (χ3n) is 6.37. The number of phenolic OH excluding ortho intramolecular Hbond substituents is 1. The fourth-order valence-corrected chi connectivity index (χ4v) is 4.84. The molecule has 3 aliphatic rings. The van der Waals surface area contributed by atoms with Crippen molar-refractivity contribution in [2.45, 2.75) is 31.5 Å². The molecule has 140 valence electrons. The highest BCUT2D eigenvalue weighted by molar-refractivity contribution is 5.97. The summed E-state index contributed by atoms with van der Waals surface area (Å²) in [6, 6.07) is 14.0. The number of carbonyl (C=O) groups excluding carboxylic acids is 1. The average molecular weight is 364 g/mol. The number of likely N-dealkylation sites (tertiary alicyclic amines) is 1. The summed E-state index contributed by atoms with van der Waals surface area (Å²) in [6.07, 6.45) is 2.61. The van der Waals surface area contributed by atoms with E-state index < -0.39 is 0 Å². The topological polar surface area (TPSA) is 61.8 Å². The summed E-state index contributed by atoms with van der Waals surface area (Å²) in [5.41, 5.74) is 4.12. The standard InChI is InChI=1S/C22H24N2O3/c25-19-7-3-5-15-12-17(21(26)23-20(15)19)13-24-10-8-22(9-11-24)18-6-2-1-4-16(18)14-27-22/h1-7,17,25H,8-14H2,(H,23,26). The number of nitrogens with one attached hydrogen (secondary N) is 1. The second-order valence-corrected chi connectivity index (χ2v) is 7.94. The third kappa shape index (κ3) is 2.82. The maximum absolute atomic E-state index is 12.5. The van der Waals surface area contributed by atoms with Crippen LogP contribution in [0.3, 0.4) is 0 Å². The number of benzene rings is 2. The Balaban J connectivity index is 1.26. The van der Waals surface area contributed by atoms with E-state index in [-0.39, 0.29) is 23.2 Å². The first kappa shape index (κ1) is 16.8. The fourth-order valence-electron chi connectivity index (χ4n) is 4.84. The summed E-state index contributed by atoms with van der Waals surface area (Å²) in [4.78, 5) is 14.9. The maximum Gasteiger partial charge on any atom is 0.229 e. The molecule has 5 nitrogen and oxygen atoms in total. The highest BCUT2D eigenvalue weighted by Gasteiger charge is 2.43. The maximum atomic E-state index is 12.5. The lowest BCUT2D eigenvalue weighted by Crippen LogP contribution is -2.46. The van der Waals surface area contributed by atoms with E-state index in [1.807, 2.05) is 12.1 Å². The lowest BCUT2D eigenvalue weighted by atomic mass is 9.83. The molecule has 1 saturated heterocycles. The highest BCUT2D eigenvalue weighted by Crippen LogP contribution is 2.44. The minimum atomic E-state index is -0.139. The van der Waals surface area contributed by atoms with Crippen molar-refractivity contribution in [2.75, 3.05) is 25.0 Å². The molecular formula is C22H24N2O3. The van der Waals surface area contributed by atoms with Crippen LogP contribution in [0.1, 0.15) is 29.5 Å². The predicted molar refractivity (Wildman–Crippen MR) is 103 cm³/mol. The van der Waals surface area contributed by atoms with Crippen LogP contribution in [0.15, 0.2) is 42.5 Å². The van der Waals surface area contributed by atoms with Gasteiger partial charge in [-0.2, -0.15) is 0 Å². The zero-order valence-corrected chi connectivity index (χ0v) is 15.3. The van der Waals surface area contributed by atoms with Crippen molar-refractivity contribution in [3.8, 4) is 5.75 Å². The van der Waals surface area contributed by atoms with Gasteiger partial charge in [-0.25, -0.2) is 0 Å². The number of rotatable bonds is 2. The molecule has 1 spiro atoms. The molecule has 1 atom stereocenters. The third-order valence-corrected chi connectivity index (χ3v) is 6.37. The van der Waals surface area contributed by atoms with Crippen molar-refractivity contribution < 1.29 is 14.6 Å². The number of aromatic hydroxyl groups is 1. The summed E-state index contributed by atoms with van der Waals surface area (Å²) in [7, 11) is 0. The number of fused-ring (bicyclic) bond motifs is 3. The van der Waals surface area contributed by atoms with E-state index >= 15 is 0 Å². The van der Waals surface area contributed by atoms with Gasteiger partial charge in [0.1, 0.15) is 5.75 Å². The van der Waals surface area contributed by atoms with E-state index in [9.17, 15) is 9.90 Å². The molecule has 2 aromatic rings. The van der Waals surface area contributed by atoms with Crippen molar-refractivity contribution in [1.82, 2.24) is 4.90 Å². The molecule has 0 radical (unpaired) electrons. The van der Waals surface area contributed by atoms with Crippen molar-refractivity contribution in [3.05, 3.63) is 59.2 Å². The van der Waals surface area contributed by atoms with Gasteiger partial charge in [0, 0.05) is 19.6 Å². The molecule has 27 heavy (non-hydrogen) atoms. The van der Waals surface area contributed by atoms with Gasteiger partial charge in [-0.15, -0.1) is 0 Å². The smallest absolute Gasteiger partial charge is 0.229 e. The first-order valence-electron chi connectivity index (χ1n) is 9.71. The van der Waals surface area contributed by atoms with E-state index in [2.05, 4.69) is 34.5 Å². The summed E-state index contributed by atoms with van der Waals surface area (Å²) < 4.78 is 6.24. The zero-order chi connectivity index (χ0) is 18.4. The molecule has 0 aromatic heterocycles. The minimum Gasteiger partial charge on any atom is -0.506 e. The van der Waals surface area contributed by atoms with E-state index in [0.717, 1.165) is 38.0 Å². The Labute approximate surface area is 158 Å². The zero-order valence-electron chi connectivity index (χ0n) is 15.3. The lowest BCUT2D eigenvalue weighted by Gasteiger charge is -2.40. The molecule has 1 amide bonds. The van der Waals surface area contributed by atoms with Gasteiger partial charge in [-0.1, -0.05) is 36.4 Å². The molecule has 2 aromatic carbocycles. The number of hydrogen-bond acceptors (Lipinski definition) is 4. The summed E-state index contributed by atoms with van der Waals surface area (Å²) in [5, 5.41) is 12.8. The number of phenols is 1. The van der Waals surface area contributed by atoms with Gasteiger partial charge in [-0.3, -0.25) is 4.79 Å². The van der Waals surface area contributed by atoms with Crippen LogP contribution in [-0.4, -0.2) is 35.5 Å². The van der Waals surface area contributed by atoms with Crippen molar-refractivity contribution in [1.29, 1.82) is 0 Å². The first-order chi connectivity index (χ1) is 13.1. The van der Waals surface area contributed by atoms with Crippen LogP contribution in [0, 0.1) is 5.92 Å². The minimum absolute atomic E-state index is 0.00625. The van der Waals surface area contributed by atoms with Crippen LogP contribution < -0.4 is 5.32 Å². The molecule has 5 heteroatoms. The van der Waals surface area contributed by atoms with Gasteiger partial charge < -0.3 is 20.1 Å². The SMILES string of the molecule is O=C1Nc2c(O)cccc2CC1CN1CCC2(CC1)OCc1ccccc12. The molecular weight excluding hydrogens is 340 g/mol. The Kier molecular flexibility index (Phi) is 3.95. The van der Waals surface area contributed by atoms with Crippen LogP contribution in [0.2, 0.25) is 0 Å². The van der Waals surface area contributed by atoms with Crippen molar-refractivity contribution in [2.24, 2.45) is 5.92 Å². The number of hydrogen-bond donors (Lipinski definition) is 2. The number of ether oxygens (including phenoxy) is 1. The van der Waals surface area contributed by atoms with Crippen LogP contribution >= 0.6 is 0 Å². The van der Waals surface area contributed by atoms with Gasteiger partial charge >= 0.3 is 0 Å². The number of anilines is 1. The summed E-state index contributed by atoms with van der Waals surface area (Å²) in [6.45, 7) is 3.33. The van der Waals surface area contributed by atoms with E-state index in [0.29, 0.717) is 18.7 Å². The highest BCUT2D eigenvalue weighted by atomic mass is 16.5. The fraction of sp³-hybridized carbons (Fsp3) is 0.409. The number of piperidine rings is 1. The Morgan fingerprint density at radius 1 is 1.11 bits per heavy atom.